The van der Waals surface area contributed by atoms with Crippen LogP contribution in [0.15, 0.2) is 0 Å². The van der Waals surface area contributed by atoms with Gasteiger partial charge in [0, 0.05) is 0 Å². The summed E-state index contributed by atoms with van der Waals surface area (Å²) in [5.74, 6) is 0. The van der Waals surface area contributed by atoms with Crippen LogP contribution in [-0.2, 0) is 32.7 Å². The molecule has 0 spiro atoms. The fraction of sp³-hybridized carbons (Fsp3) is 0.800. The van der Waals surface area contributed by atoms with Crippen LogP contribution >= 0.6 is 7.82 Å². The lowest BCUT2D eigenvalue weighted by Gasteiger charge is -2.28. The second-order valence-electron chi connectivity index (χ2n) is 4.98. The lowest BCUT2D eigenvalue weighted by molar-refractivity contribution is -0.870. The van der Waals surface area contributed by atoms with Gasteiger partial charge < -0.3 is 24.0 Å². The molecule has 0 saturated carbocycles. The van der Waals surface area contributed by atoms with Crippen molar-refractivity contribution < 1.29 is 47.2 Å². The maximum atomic E-state index is 11.5. The Morgan fingerprint density at radius 3 is 2.24 bits per heavy atom. The molecule has 0 aromatic carbocycles. The van der Waals surface area contributed by atoms with Gasteiger partial charge in [0.25, 0.3) is 12.9 Å². The summed E-state index contributed by atoms with van der Waals surface area (Å²) in [6.07, 6.45) is -3.63. The molecule has 10 nitrogen and oxygen atoms in total. The first-order chi connectivity index (χ1) is 9.61. The Balaban J connectivity index is 4.32. The van der Waals surface area contributed by atoms with Gasteiger partial charge in [0.1, 0.15) is 19.3 Å². The lowest BCUT2D eigenvalue weighted by Crippen LogP contribution is -2.44. The maximum absolute atomic E-state index is 11.5. The minimum atomic E-state index is -4.40. The van der Waals surface area contributed by atoms with Crippen molar-refractivity contribution in [3.8, 4) is 0 Å². The van der Waals surface area contributed by atoms with Gasteiger partial charge in [-0.1, -0.05) is 0 Å². The van der Waals surface area contributed by atoms with Crippen LogP contribution in [-0.4, -0.2) is 75.6 Å². The quantitative estimate of drug-likeness (QED) is 0.191. The zero-order valence-electron chi connectivity index (χ0n) is 12.0. The van der Waals surface area contributed by atoms with Crippen LogP contribution in [0.1, 0.15) is 0 Å². The van der Waals surface area contributed by atoms with E-state index in [1.54, 1.807) is 0 Å². The van der Waals surface area contributed by atoms with E-state index in [4.69, 9.17) is 4.52 Å². The van der Waals surface area contributed by atoms with Crippen LogP contribution in [0, 0.1) is 0 Å². The third-order valence-corrected chi connectivity index (χ3v) is 3.13. The highest BCUT2D eigenvalue weighted by Gasteiger charge is 2.26. The minimum absolute atomic E-state index is 0.0534. The Morgan fingerprint density at radius 2 is 1.76 bits per heavy atom. The van der Waals surface area contributed by atoms with Gasteiger partial charge in [-0.05, 0) is 0 Å². The van der Waals surface area contributed by atoms with Crippen molar-refractivity contribution in [2.75, 3.05) is 40.9 Å². The molecule has 3 atom stereocenters. The van der Waals surface area contributed by atoms with Crippen molar-refractivity contribution in [1.29, 1.82) is 0 Å². The van der Waals surface area contributed by atoms with Gasteiger partial charge in [0.15, 0.2) is 0 Å². The molecule has 0 aromatic heterocycles. The van der Waals surface area contributed by atoms with Gasteiger partial charge >= 0.3 is 7.82 Å². The third kappa shape index (κ3) is 10.4. The standard InChI is InChI=1S/C10H20NO9P/c1-11(2,3)4-5-19-21(15,16)20-6-9(17-7-12)10(14)18-8-13/h7-10H,4-6H2,1-3H3,(H,15,16). The molecule has 0 aliphatic rings. The average Bonchev–Trinajstić information content (AvgIpc) is 2.32. The molecule has 0 aromatic rings. The lowest BCUT2D eigenvalue weighted by atomic mass is 10.4. The largest absolute Gasteiger partial charge is 0.818 e. The van der Waals surface area contributed by atoms with E-state index in [0.717, 1.165) is 0 Å². The molecule has 124 valence electrons. The van der Waals surface area contributed by atoms with Crippen LogP contribution in [0.3, 0.4) is 0 Å². The molecule has 21 heavy (non-hydrogen) atoms. The summed E-state index contributed by atoms with van der Waals surface area (Å²) in [6, 6.07) is 0. The van der Waals surface area contributed by atoms with Crippen molar-refractivity contribution in [2.24, 2.45) is 0 Å². The number of ether oxygens (including phenoxy) is 2. The molecule has 0 rings (SSSR count). The van der Waals surface area contributed by atoms with Crippen LogP contribution in [0.5, 0.6) is 0 Å². The molecule has 0 aliphatic heterocycles. The Kier molecular flexibility index (Phi) is 8.64. The summed E-state index contributed by atoms with van der Waals surface area (Å²) < 4.78 is 29.6. The zero-order chi connectivity index (χ0) is 16.5. The molecule has 0 radical (unpaired) electrons. The van der Waals surface area contributed by atoms with Crippen LogP contribution in [0.4, 0.5) is 0 Å². The molecule has 0 saturated heterocycles. The van der Waals surface area contributed by atoms with E-state index in [0.29, 0.717) is 11.0 Å². The monoisotopic (exact) mass is 329 g/mol. The van der Waals surface area contributed by atoms with E-state index in [9.17, 15) is 24.2 Å². The topological polar surface area (TPSA) is 131 Å². The fourth-order valence-corrected chi connectivity index (χ4v) is 1.75. The normalized spacial score (nSPS) is 17.4. The van der Waals surface area contributed by atoms with Crippen LogP contribution in [0.2, 0.25) is 0 Å². The van der Waals surface area contributed by atoms with Gasteiger partial charge in [-0.2, -0.15) is 0 Å². The number of carbonyl (C=O) groups is 2. The minimum Gasteiger partial charge on any atom is -0.818 e. The van der Waals surface area contributed by atoms with Gasteiger partial charge in [-0.3, -0.25) is 18.6 Å². The first-order valence-electron chi connectivity index (χ1n) is 5.87. The Labute approximate surface area is 122 Å². The van der Waals surface area contributed by atoms with Crippen molar-refractivity contribution in [2.45, 2.75) is 12.4 Å². The first kappa shape index (κ1) is 20.0. The number of carbonyl (C=O) groups excluding carboxylic acids is 2. The second kappa shape index (κ2) is 9.08. The average molecular weight is 329 g/mol. The zero-order valence-corrected chi connectivity index (χ0v) is 12.9. The molecular formula is C10H20NO9P. The predicted molar refractivity (Wildman–Crippen MR) is 66.5 cm³/mol. The highest BCUT2D eigenvalue weighted by atomic mass is 31.2. The number of phosphoric ester groups is 1. The van der Waals surface area contributed by atoms with E-state index in [1.807, 2.05) is 21.1 Å². The van der Waals surface area contributed by atoms with Crippen LogP contribution < -0.4 is 5.11 Å². The highest BCUT2D eigenvalue weighted by Crippen LogP contribution is 2.43. The Bertz CT molecular complexity index is 370. The molecule has 0 aliphatic carbocycles. The number of hydrogen-bond donors (Lipinski definition) is 1. The van der Waals surface area contributed by atoms with E-state index in [1.165, 1.54) is 0 Å². The fourth-order valence-electron chi connectivity index (χ4n) is 1.03. The first-order valence-corrected chi connectivity index (χ1v) is 7.37. The summed E-state index contributed by atoms with van der Waals surface area (Å²) in [4.78, 5) is 29.6. The van der Waals surface area contributed by atoms with Crippen molar-refractivity contribution in [1.82, 2.24) is 0 Å². The van der Waals surface area contributed by atoms with E-state index >= 15 is 0 Å². The van der Waals surface area contributed by atoms with Crippen molar-refractivity contribution in [3.05, 3.63) is 0 Å². The van der Waals surface area contributed by atoms with Crippen molar-refractivity contribution >= 4 is 20.8 Å². The van der Waals surface area contributed by atoms with Crippen molar-refractivity contribution in [3.63, 3.8) is 0 Å². The third-order valence-electron chi connectivity index (χ3n) is 2.14. The highest BCUT2D eigenvalue weighted by molar-refractivity contribution is 7.47. The Morgan fingerprint density at radius 1 is 1.19 bits per heavy atom. The van der Waals surface area contributed by atoms with Gasteiger partial charge in [0.2, 0.25) is 0 Å². The Hall–Kier alpha value is -1.03. The van der Waals surface area contributed by atoms with E-state index in [2.05, 4.69) is 14.0 Å². The van der Waals surface area contributed by atoms with Gasteiger partial charge in [-0.15, -0.1) is 0 Å². The molecule has 0 amide bonds. The van der Waals surface area contributed by atoms with E-state index in [-0.39, 0.29) is 19.6 Å². The number of hydrogen-bond acceptors (Lipinski definition) is 8. The molecular weight excluding hydrogens is 309 g/mol. The molecule has 1 N–H and O–H groups in total. The summed E-state index contributed by atoms with van der Waals surface area (Å²) in [6.45, 7) is -0.552. The maximum Gasteiger partial charge on any atom is 0.472 e. The summed E-state index contributed by atoms with van der Waals surface area (Å²) >= 11 is 0. The predicted octanol–water partition coefficient (Wildman–Crippen LogP) is -1.77. The van der Waals surface area contributed by atoms with Crippen LogP contribution in [0.25, 0.3) is 0 Å². The number of phosphoric acid groups is 1. The summed E-state index contributed by atoms with van der Waals surface area (Å²) in [7, 11) is 1.18. The van der Waals surface area contributed by atoms with Gasteiger partial charge in [0.05, 0.1) is 34.0 Å². The second-order valence-corrected chi connectivity index (χ2v) is 6.44. The molecule has 0 heterocycles. The molecule has 0 bridgehead atoms. The SMILES string of the molecule is C[N+](C)(C)CCOP(=O)(O)OCC(OC=O)C([O-])OC=O. The number of likely N-dealkylation sites (N-methyl/N-ethyl adjacent to an activating group) is 1. The summed E-state index contributed by atoms with van der Waals surface area (Å²) in [5, 5.41) is 11.2. The number of nitrogens with zero attached hydrogens (tertiary/aromatic N) is 1. The molecule has 0 fully saturated rings. The smallest absolute Gasteiger partial charge is 0.472 e. The number of quaternary nitrogens is 1. The molecule has 3 unspecified atom stereocenters. The number of rotatable bonds is 12. The molecule has 11 heteroatoms. The van der Waals surface area contributed by atoms with E-state index < -0.39 is 26.8 Å². The van der Waals surface area contributed by atoms with Gasteiger partial charge in [-0.25, -0.2) is 4.57 Å². The summed E-state index contributed by atoms with van der Waals surface area (Å²) in [5.41, 5.74) is 0.